The number of non-ortho nitro benzene ring substituents is 1. The molecule has 3 atom stereocenters. The van der Waals surface area contributed by atoms with Gasteiger partial charge in [0.15, 0.2) is 17.0 Å². The predicted octanol–water partition coefficient (Wildman–Crippen LogP) is 5.37. The lowest BCUT2D eigenvalue weighted by atomic mass is 9.99. The van der Waals surface area contributed by atoms with Crippen molar-refractivity contribution in [3.05, 3.63) is 107 Å². The van der Waals surface area contributed by atoms with Crippen LogP contribution in [0.5, 0.6) is 5.75 Å². The van der Waals surface area contributed by atoms with E-state index in [0.29, 0.717) is 25.9 Å². The maximum atomic E-state index is 13.5. The van der Waals surface area contributed by atoms with Crippen LogP contribution in [0.3, 0.4) is 0 Å². The van der Waals surface area contributed by atoms with Crippen LogP contribution in [0.15, 0.2) is 95.4 Å². The zero-order valence-electron chi connectivity index (χ0n) is 23.3. The van der Waals surface area contributed by atoms with E-state index in [-0.39, 0.29) is 18.9 Å². The minimum atomic E-state index is -1.09. The van der Waals surface area contributed by atoms with E-state index in [2.05, 4.69) is 16.9 Å². The van der Waals surface area contributed by atoms with Gasteiger partial charge >= 0.3 is 5.97 Å². The van der Waals surface area contributed by atoms with Gasteiger partial charge in [0.05, 0.1) is 15.1 Å². The third-order valence-corrected chi connectivity index (χ3v) is 10.5. The smallest absolute Gasteiger partial charge is 0.333 e. The second-order valence-corrected chi connectivity index (χ2v) is 13.3. The maximum Gasteiger partial charge on any atom is 0.333 e. The summed E-state index contributed by atoms with van der Waals surface area (Å²) in [6.45, 7) is 5.29. The molecule has 1 saturated heterocycles. The van der Waals surface area contributed by atoms with E-state index in [0.717, 1.165) is 5.56 Å². The molecule has 0 bridgehead atoms. The summed E-state index contributed by atoms with van der Waals surface area (Å²) >= 11 is 1.26. The fourth-order valence-corrected chi connectivity index (χ4v) is 8.36. The molecule has 0 radical (unpaired) electrons. The van der Waals surface area contributed by atoms with Crippen LogP contribution in [0.1, 0.15) is 12.5 Å². The standard InChI is InChI=1S/C30H26N4O7S3/c1-18(2)26(29(37)41-16-19-9-5-3-6-10-19)33-27(36)25(32-24(35)17-40-21-11-7-4-8-12-21)28(33)43-44-30-31-22-14-13-20(34(38)39)15-23(22)42-30/h3-15,25-26,28H,1,16-17H2,2H3,(H,32,35). The van der Waals surface area contributed by atoms with Crippen molar-refractivity contribution in [2.75, 3.05) is 6.61 Å². The first-order valence-corrected chi connectivity index (χ1v) is 16.3. The minimum absolute atomic E-state index is 0.0207. The van der Waals surface area contributed by atoms with Gasteiger partial charge in [-0.15, -0.1) is 11.3 Å². The fraction of sp³-hybridized carbons (Fsp3) is 0.200. The molecule has 4 aromatic rings. The second kappa shape index (κ2) is 13.9. The summed E-state index contributed by atoms with van der Waals surface area (Å²) in [6.07, 6.45) is 0. The molecular formula is C30H26N4O7S3. The van der Waals surface area contributed by atoms with Crippen LogP contribution in [0.25, 0.3) is 10.2 Å². The molecule has 1 aliphatic heterocycles. The maximum absolute atomic E-state index is 13.5. The molecule has 0 saturated carbocycles. The number of hydrogen-bond acceptors (Lipinski definition) is 11. The van der Waals surface area contributed by atoms with Crippen molar-refractivity contribution in [3.63, 3.8) is 0 Å². The largest absolute Gasteiger partial charge is 0.484 e. The van der Waals surface area contributed by atoms with Gasteiger partial charge in [-0.25, -0.2) is 9.78 Å². The first kappa shape index (κ1) is 31.0. The summed E-state index contributed by atoms with van der Waals surface area (Å²) in [6, 6.07) is 20.3. The third-order valence-electron chi connectivity index (χ3n) is 6.48. The number of hydrogen-bond donors (Lipinski definition) is 1. The van der Waals surface area contributed by atoms with E-state index in [1.807, 2.05) is 36.4 Å². The van der Waals surface area contributed by atoms with Crippen LogP contribution >= 0.6 is 32.9 Å². The number of nitrogens with zero attached hydrogens (tertiary/aromatic N) is 3. The number of β-lactam (4-membered cyclic amide) rings is 1. The number of rotatable bonds is 13. The summed E-state index contributed by atoms with van der Waals surface area (Å²) in [7, 11) is 2.47. The number of amides is 2. The lowest BCUT2D eigenvalue weighted by Crippen LogP contribution is -2.73. The van der Waals surface area contributed by atoms with Crippen molar-refractivity contribution in [1.82, 2.24) is 15.2 Å². The van der Waals surface area contributed by atoms with Gasteiger partial charge in [0.25, 0.3) is 11.6 Å². The number of para-hydroxylation sites is 1. The van der Waals surface area contributed by atoms with Crippen molar-refractivity contribution < 1.29 is 28.8 Å². The molecule has 3 unspecified atom stereocenters. The average molecular weight is 651 g/mol. The summed E-state index contributed by atoms with van der Waals surface area (Å²) in [5.41, 5.74) is 1.74. The van der Waals surface area contributed by atoms with Gasteiger partial charge in [-0.1, -0.05) is 65.9 Å². The topological polar surface area (TPSA) is 141 Å². The van der Waals surface area contributed by atoms with Crippen molar-refractivity contribution in [2.24, 2.45) is 0 Å². The number of nitrogens with one attached hydrogen (secondary N) is 1. The highest BCUT2D eigenvalue weighted by Crippen LogP contribution is 2.45. The van der Waals surface area contributed by atoms with Crippen molar-refractivity contribution in [3.8, 4) is 5.75 Å². The quantitative estimate of drug-likeness (QED) is 0.0502. The van der Waals surface area contributed by atoms with Crippen LogP contribution in [0.2, 0.25) is 0 Å². The molecule has 44 heavy (non-hydrogen) atoms. The summed E-state index contributed by atoms with van der Waals surface area (Å²) in [5, 5.41) is 13.2. The lowest BCUT2D eigenvalue weighted by Gasteiger charge is -2.49. The number of fused-ring (bicyclic) bond motifs is 1. The van der Waals surface area contributed by atoms with Gasteiger partial charge in [-0.3, -0.25) is 19.7 Å². The van der Waals surface area contributed by atoms with E-state index in [9.17, 15) is 24.5 Å². The third kappa shape index (κ3) is 7.21. The highest BCUT2D eigenvalue weighted by molar-refractivity contribution is 8.77. The minimum Gasteiger partial charge on any atom is -0.484 e. The van der Waals surface area contributed by atoms with Crippen LogP contribution in [0.4, 0.5) is 5.69 Å². The summed E-state index contributed by atoms with van der Waals surface area (Å²) < 4.78 is 12.3. The number of nitro groups is 1. The number of nitro benzene ring substituents is 1. The second-order valence-electron chi connectivity index (χ2n) is 9.69. The first-order valence-electron chi connectivity index (χ1n) is 13.2. The number of aromatic nitrogens is 1. The van der Waals surface area contributed by atoms with Gasteiger partial charge < -0.3 is 19.7 Å². The predicted molar refractivity (Wildman–Crippen MR) is 169 cm³/mol. The normalized spacial score (nSPS) is 16.6. The number of ether oxygens (including phenoxy) is 2. The van der Waals surface area contributed by atoms with E-state index in [1.165, 1.54) is 50.0 Å². The highest BCUT2D eigenvalue weighted by atomic mass is 33.1. The molecule has 1 aromatic heterocycles. The number of benzene rings is 3. The van der Waals surface area contributed by atoms with Crippen LogP contribution < -0.4 is 10.1 Å². The summed E-state index contributed by atoms with van der Waals surface area (Å²) in [4.78, 5) is 56.2. The molecule has 0 spiro atoms. The molecule has 3 aromatic carbocycles. The van der Waals surface area contributed by atoms with Gasteiger partial charge in [-0.05, 0) is 47.1 Å². The lowest BCUT2D eigenvalue weighted by molar-refractivity contribution is -0.384. The molecule has 2 amide bonds. The molecule has 5 rings (SSSR count). The number of carbonyl (C=O) groups excluding carboxylic acids is 3. The molecular weight excluding hydrogens is 625 g/mol. The first-order chi connectivity index (χ1) is 21.2. The van der Waals surface area contributed by atoms with Gasteiger partial charge in [-0.2, -0.15) is 0 Å². The Hall–Kier alpha value is -4.40. The van der Waals surface area contributed by atoms with E-state index < -0.39 is 40.2 Å². The number of carbonyl (C=O) groups is 3. The highest BCUT2D eigenvalue weighted by Gasteiger charge is 2.54. The van der Waals surface area contributed by atoms with Crippen molar-refractivity contribution in [2.45, 2.75) is 35.3 Å². The zero-order valence-corrected chi connectivity index (χ0v) is 25.7. The molecule has 11 nitrogen and oxygen atoms in total. The Morgan fingerprint density at radius 1 is 1.14 bits per heavy atom. The molecule has 1 N–H and O–H groups in total. The van der Waals surface area contributed by atoms with Gasteiger partial charge in [0.2, 0.25) is 5.91 Å². The molecule has 0 aliphatic carbocycles. The van der Waals surface area contributed by atoms with E-state index in [1.54, 1.807) is 37.3 Å². The van der Waals surface area contributed by atoms with E-state index in [4.69, 9.17) is 9.47 Å². The Balaban J connectivity index is 1.32. The van der Waals surface area contributed by atoms with Crippen molar-refractivity contribution >= 4 is 66.6 Å². The molecule has 226 valence electrons. The molecule has 14 heteroatoms. The number of thiazole rings is 1. The Morgan fingerprint density at radius 2 is 1.84 bits per heavy atom. The van der Waals surface area contributed by atoms with Crippen LogP contribution in [0, 0.1) is 10.1 Å². The Kier molecular flexibility index (Phi) is 9.82. The monoisotopic (exact) mass is 650 g/mol. The Bertz CT molecular complexity index is 1700. The van der Waals surface area contributed by atoms with Crippen molar-refractivity contribution in [1.29, 1.82) is 0 Å². The molecule has 1 aliphatic rings. The summed E-state index contributed by atoms with van der Waals surface area (Å²) in [5.74, 6) is -1.12. The van der Waals surface area contributed by atoms with Gasteiger partial charge in [0, 0.05) is 12.1 Å². The zero-order chi connectivity index (χ0) is 31.2. The number of esters is 1. The fourth-order valence-electron chi connectivity index (χ4n) is 4.37. The number of likely N-dealkylation sites (tertiary alicyclic amines) is 1. The Morgan fingerprint density at radius 3 is 2.52 bits per heavy atom. The SMILES string of the molecule is C=C(C)C(C(=O)OCc1ccccc1)N1C(=O)C(NC(=O)COc2ccccc2)C1SSc1nc2ccc([N+](=O)[O-])cc2s1. The van der Waals surface area contributed by atoms with Crippen LogP contribution in [-0.4, -0.2) is 56.7 Å². The van der Waals surface area contributed by atoms with Gasteiger partial charge in [0.1, 0.15) is 23.8 Å². The molecule has 1 fully saturated rings. The van der Waals surface area contributed by atoms with E-state index >= 15 is 0 Å². The Labute approximate surface area is 264 Å². The molecule has 2 heterocycles. The van der Waals surface area contributed by atoms with Crippen LogP contribution in [-0.2, 0) is 25.7 Å². The average Bonchev–Trinajstić information content (AvgIpc) is 3.44.